The molecule has 1 fully saturated rings. The number of aliphatic hydroxyl groups excluding tert-OH is 1. The third-order valence-electron chi connectivity index (χ3n) is 6.81. The number of thiazole rings is 1. The van der Waals surface area contributed by atoms with Gasteiger partial charge in [-0.25, -0.2) is 4.98 Å². The van der Waals surface area contributed by atoms with Crippen molar-refractivity contribution in [2.45, 2.75) is 25.5 Å². The maximum atomic E-state index is 13.5. The van der Waals surface area contributed by atoms with Crippen LogP contribution < -0.4 is 19.1 Å². The van der Waals surface area contributed by atoms with E-state index in [1.165, 1.54) is 16.2 Å². The van der Waals surface area contributed by atoms with Crippen LogP contribution in [0.25, 0.3) is 16.0 Å². The number of hydrogen-bond acceptors (Lipinski definition) is 8. The lowest BCUT2D eigenvalue weighted by molar-refractivity contribution is -0.132. The molecule has 1 aromatic heterocycles. The van der Waals surface area contributed by atoms with Crippen LogP contribution in [-0.2, 0) is 16.0 Å². The van der Waals surface area contributed by atoms with E-state index in [2.05, 4.69) is 4.98 Å². The van der Waals surface area contributed by atoms with E-state index in [0.717, 1.165) is 16.0 Å². The second-order valence-corrected chi connectivity index (χ2v) is 10.2. The molecule has 6 rings (SSSR count). The summed E-state index contributed by atoms with van der Waals surface area (Å²) in [6.45, 7) is 1.97. The third kappa shape index (κ3) is 3.86. The number of rotatable bonds is 5. The molecule has 1 amide bonds. The van der Waals surface area contributed by atoms with E-state index >= 15 is 0 Å². The second-order valence-electron chi connectivity index (χ2n) is 9.23. The van der Waals surface area contributed by atoms with Crippen molar-refractivity contribution >= 4 is 44.1 Å². The highest BCUT2D eigenvalue weighted by Crippen LogP contribution is 2.45. The van der Waals surface area contributed by atoms with Crippen molar-refractivity contribution in [1.82, 2.24) is 4.98 Å². The monoisotopic (exact) mass is 528 g/mol. The molecule has 2 aliphatic rings. The molecular weight excluding hydrogens is 504 g/mol. The fourth-order valence-corrected chi connectivity index (χ4v) is 6.03. The predicted octanol–water partition coefficient (Wildman–Crippen LogP) is 5.26. The fourth-order valence-electron chi connectivity index (χ4n) is 5.00. The highest BCUT2D eigenvalue weighted by Gasteiger charge is 2.48. The van der Waals surface area contributed by atoms with Crippen LogP contribution in [0.3, 0.4) is 0 Å². The number of nitrogens with zero attached hydrogens (tertiary/aromatic N) is 2. The van der Waals surface area contributed by atoms with Crippen molar-refractivity contribution in [2.75, 3.05) is 19.1 Å². The molecule has 192 valence electrons. The molecule has 0 spiro atoms. The molecule has 1 saturated heterocycles. The molecule has 0 unspecified atom stereocenters. The van der Waals surface area contributed by atoms with Gasteiger partial charge in [0, 0.05) is 12.0 Å². The molecule has 2 aliphatic heterocycles. The predicted molar refractivity (Wildman–Crippen MR) is 144 cm³/mol. The molecule has 2 atom stereocenters. The molecule has 3 aromatic carbocycles. The van der Waals surface area contributed by atoms with Crippen molar-refractivity contribution < 1.29 is 28.9 Å². The van der Waals surface area contributed by atoms with Crippen LogP contribution in [0.5, 0.6) is 17.2 Å². The van der Waals surface area contributed by atoms with Crippen LogP contribution in [0.1, 0.15) is 29.7 Å². The lowest BCUT2D eigenvalue weighted by Gasteiger charge is -2.23. The Morgan fingerprint density at radius 1 is 1.05 bits per heavy atom. The normalized spacial score (nSPS) is 20.0. The smallest absolute Gasteiger partial charge is 0.301 e. The lowest BCUT2D eigenvalue weighted by atomic mass is 9.94. The number of fused-ring (bicyclic) bond motifs is 2. The number of aliphatic hydroxyl groups is 1. The summed E-state index contributed by atoms with van der Waals surface area (Å²) < 4.78 is 17.3. The number of hydrogen-bond donors (Lipinski definition) is 1. The molecule has 1 N–H and O–H groups in total. The zero-order valence-corrected chi connectivity index (χ0v) is 21.7. The molecule has 9 heteroatoms. The standard InChI is InChI=1S/C29H24N2O6S/c1-15-11-18-12-17(7-10-22(18)37-15)26(32)24-25(16-5-4-6-19(13-16)35-2)31(28(34)27(24)33)29-30-21-9-8-20(36-3)14-23(21)38-29/h4-10,12-15,25,32H,11H2,1-3H3/t15-,25-/m1/s1. The summed E-state index contributed by atoms with van der Waals surface area (Å²) in [6.07, 6.45) is 0.724. The number of methoxy groups -OCH3 is 2. The molecule has 3 heterocycles. The highest BCUT2D eigenvalue weighted by molar-refractivity contribution is 7.22. The average molecular weight is 529 g/mol. The van der Waals surface area contributed by atoms with E-state index in [4.69, 9.17) is 14.2 Å². The number of carbonyl (C=O) groups excluding carboxylic acids is 2. The van der Waals surface area contributed by atoms with Crippen molar-refractivity contribution in [3.63, 3.8) is 0 Å². The van der Waals surface area contributed by atoms with Crippen molar-refractivity contribution in [2.24, 2.45) is 0 Å². The molecule has 0 radical (unpaired) electrons. The summed E-state index contributed by atoms with van der Waals surface area (Å²) in [7, 11) is 3.13. The van der Waals surface area contributed by atoms with Crippen LogP contribution >= 0.6 is 11.3 Å². The first kappa shape index (κ1) is 24.0. The number of benzene rings is 3. The summed E-state index contributed by atoms with van der Waals surface area (Å²) >= 11 is 1.27. The van der Waals surface area contributed by atoms with E-state index in [9.17, 15) is 14.7 Å². The number of amides is 1. The summed E-state index contributed by atoms with van der Waals surface area (Å²) in [4.78, 5) is 33.1. The quantitative estimate of drug-likeness (QED) is 0.214. The van der Waals surface area contributed by atoms with Gasteiger partial charge in [0.05, 0.1) is 36.1 Å². The van der Waals surface area contributed by atoms with E-state index in [0.29, 0.717) is 39.7 Å². The summed E-state index contributed by atoms with van der Waals surface area (Å²) in [5, 5.41) is 11.9. The van der Waals surface area contributed by atoms with Gasteiger partial charge >= 0.3 is 5.91 Å². The van der Waals surface area contributed by atoms with E-state index in [1.54, 1.807) is 62.8 Å². The molecule has 8 nitrogen and oxygen atoms in total. The van der Waals surface area contributed by atoms with Crippen LogP contribution in [0.2, 0.25) is 0 Å². The number of anilines is 1. The Hall–Kier alpha value is -4.37. The maximum Gasteiger partial charge on any atom is 0.301 e. The summed E-state index contributed by atoms with van der Waals surface area (Å²) in [5.41, 5.74) is 2.66. The van der Waals surface area contributed by atoms with Gasteiger partial charge in [-0.3, -0.25) is 14.5 Å². The minimum atomic E-state index is -0.906. The molecule has 4 aromatic rings. The Labute approximate surface area is 222 Å². The molecule has 0 aliphatic carbocycles. The van der Waals surface area contributed by atoms with E-state index < -0.39 is 17.7 Å². The Morgan fingerprint density at radius 2 is 1.84 bits per heavy atom. The SMILES string of the molecule is COc1cccc([C@@H]2C(=C(O)c3ccc4c(c3)C[C@@H](C)O4)C(=O)C(=O)N2c2nc3ccc(OC)cc3s2)c1. The highest BCUT2D eigenvalue weighted by atomic mass is 32.1. The van der Waals surface area contributed by atoms with Gasteiger partial charge < -0.3 is 19.3 Å². The Morgan fingerprint density at radius 3 is 2.63 bits per heavy atom. The largest absolute Gasteiger partial charge is 0.507 e. The first-order valence-corrected chi connectivity index (χ1v) is 12.9. The third-order valence-corrected chi connectivity index (χ3v) is 7.83. The minimum Gasteiger partial charge on any atom is -0.507 e. The van der Waals surface area contributed by atoms with Gasteiger partial charge in [-0.15, -0.1) is 0 Å². The molecule has 0 saturated carbocycles. The number of Topliss-reactive ketones (excluding diaryl/α,β-unsaturated/α-hetero) is 1. The van der Waals surface area contributed by atoms with Crippen LogP contribution in [-0.4, -0.2) is 42.1 Å². The Balaban J connectivity index is 1.53. The fraction of sp³-hybridized carbons (Fsp3) is 0.207. The molecule has 38 heavy (non-hydrogen) atoms. The summed E-state index contributed by atoms with van der Waals surface area (Å²) in [5.74, 6) is 0.188. The lowest BCUT2D eigenvalue weighted by Crippen LogP contribution is -2.29. The first-order chi connectivity index (χ1) is 18.4. The molecular formula is C29H24N2O6S. The number of carbonyl (C=O) groups is 2. The van der Waals surface area contributed by atoms with E-state index in [1.807, 2.05) is 19.1 Å². The zero-order valence-electron chi connectivity index (χ0n) is 20.9. The topological polar surface area (TPSA) is 98.2 Å². The number of aromatic nitrogens is 1. The van der Waals surface area contributed by atoms with Gasteiger partial charge in [0.2, 0.25) is 0 Å². The molecule has 0 bridgehead atoms. The van der Waals surface area contributed by atoms with Gasteiger partial charge in [0.15, 0.2) is 5.13 Å². The Kier molecular flexibility index (Phi) is 5.80. The number of ketones is 1. The van der Waals surface area contributed by atoms with Gasteiger partial charge in [0.1, 0.15) is 29.1 Å². The summed E-state index contributed by atoms with van der Waals surface area (Å²) in [6, 6.07) is 16.9. The Bertz CT molecular complexity index is 1640. The minimum absolute atomic E-state index is 0.00740. The van der Waals surface area contributed by atoms with Crippen LogP contribution in [0.15, 0.2) is 66.2 Å². The van der Waals surface area contributed by atoms with Crippen molar-refractivity contribution in [1.29, 1.82) is 0 Å². The second kappa shape index (κ2) is 9.18. The van der Waals surface area contributed by atoms with Gasteiger partial charge in [0.25, 0.3) is 5.78 Å². The van der Waals surface area contributed by atoms with Gasteiger partial charge in [-0.05, 0) is 66.6 Å². The van der Waals surface area contributed by atoms with Crippen LogP contribution in [0, 0.1) is 0 Å². The van der Waals surface area contributed by atoms with Gasteiger partial charge in [-0.2, -0.15) is 0 Å². The van der Waals surface area contributed by atoms with Gasteiger partial charge in [-0.1, -0.05) is 23.5 Å². The van der Waals surface area contributed by atoms with E-state index in [-0.39, 0.29) is 17.4 Å². The number of ether oxygens (including phenoxy) is 3. The zero-order chi connectivity index (χ0) is 26.6. The van der Waals surface area contributed by atoms with Crippen LogP contribution in [0.4, 0.5) is 5.13 Å². The van der Waals surface area contributed by atoms with Crippen molar-refractivity contribution in [3.8, 4) is 17.2 Å². The maximum absolute atomic E-state index is 13.5. The van der Waals surface area contributed by atoms with Crippen molar-refractivity contribution in [3.05, 3.63) is 82.9 Å². The average Bonchev–Trinajstić information content (AvgIpc) is 3.59. The first-order valence-electron chi connectivity index (χ1n) is 12.1.